The van der Waals surface area contributed by atoms with Gasteiger partial charge >= 0.3 is 0 Å². The molecule has 0 aliphatic rings. The SMILES string of the molecule is Cc1cccc(CC(=O)Cc2cc(F)ccc2F)c1. The Bertz CT molecular complexity index is 605. The lowest BCUT2D eigenvalue weighted by atomic mass is 10.0. The van der Waals surface area contributed by atoms with Gasteiger partial charge in [0.05, 0.1) is 0 Å². The summed E-state index contributed by atoms with van der Waals surface area (Å²) in [4.78, 5) is 11.9. The highest BCUT2D eigenvalue weighted by molar-refractivity contribution is 5.83. The quantitative estimate of drug-likeness (QED) is 0.820. The zero-order valence-electron chi connectivity index (χ0n) is 10.6. The number of halogens is 2. The molecular formula is C16H14F2O. The van der Waals surface area contributed by atoms with Crippen molar-refractivity contribution in [3.05, 3.63) is 70.8 Å². The van der Waals surface area contributed by atoms with Gasteiger partial charge < -0.3 is 0 Å². The number of hydrogen-bond acceptors (Lipinski definition) is 1. The molecule has 0 aromatic heterocycles. The minimum absolute atomic E-state index is 0.0858. The molecule has 0 bridgehead atoms. The van der Waals surface area contributed by atoms with Crippen LogP contribution in [0.1, 0.15) is 16.7 Å². The Labute approximate surface area is 110 Å². The van der Waals surface area contributed by atoms with Gasteiger partial charge in [0.25, 0.3) is 0 Å². The molecule has 0 spiro atoms. The van der Waals surface area contributed by atoms with Crippen molar-refractivity contribution in [3.8, 4) is 0 Å². The van der Waals surface area contributed by atoms with E-state index in [1.165, 1.54) is 0 Å². The number of benzene rings is 2. The zero-order valence-corrected chi connectivity index (χ0v) is 10.6. The van der Waals surface area contributed by atoms with E-state index in [1.807, 2.05) is 31.2 Å². The molecule has 0 heterocycles. The molecular weight excluding hydrogens is 246 g/mol. The summed E-state index contributed by atoms with van der Waals surface area (Å²) in [6.07, 6.45) is 0.148. The monoisotopic (exact) mass is 260 g/mol. The van der Waals surface area contributed by atoms with E-state index >= 15 is 0 Å². The van der Waals surface area contributed by atoms with Crippen LogP contribution >= 0.6 is 0 Å². The third-order valence-corrected chi connectivity index (χ3v) is 2.88. The number of hydrogen-bond donors (Lipinski definition) is 0. The van der Waals surface area contributed by atoms with Crippen molar-refractivity contribution < 1.29 is 13.6 Å². The van der Waals surface area contributed by atoms with E-state index in [0.29, 0.717) is 0 Å². The van der Waals surface area contributed by atoms with E-state index in [0.717, 1.165) is 29.3 Å². The third kappa shape index (κ3) is 3.71. The van der Waals surface area contributed by atoms with Crippen LogP contribution in [0, 0.1) is 18.6 Å². The summed E-state index contributed by atoms with van der Waals surface area (Å²) >= 11 is 0. The zero-order chi connectivity index (χ0) is 13.8. The van der Waals surface area contributed by atoms with Gasteiger partial charge in [0, 0.05) is 12.8 Å². The van der Waals surface area contributed by atoms with Crippen molar-refractivity contribution in [2.24, 2.45) is 0 Å². The fourth-order valence-corrected chi connectivity index (χ4v) is 2.00. The molecule has 0 amide bonds. The van der Waals surface area contributed by atoms with Gasteiger partial charge in [-0.15, -0.1) is 0 Å². The van der Waals surface area contributed by atoms with Gasteiger partial charge in [0.15, 0.2) is 0 Å². The Hall–Kier alpha value is -2.03. The smallest absolute Gasteiger partial charge is 0.141 e. The molecule has 0 aliphatic carbocycles. The summed E-state index contributed by atoms with van der Waals surface area (Å²) in [5, 5.41) is 0. The van der Waals surface area contributed by atoms with Crippen molar-refractivity contribution >= 4 is 5.78 Å². The Kier molecular flexibility index (Phi) is 4.05. The Balaban J connectivity index is 2.07. The second-order valence-electron chi connectivity index (χ2n) is 4.62. The topological polar surface area (TPSA) is 17.1 Å². The Morgan fingerprint density at radius 2 is 1.84 bits per heavy atom. The van der Waals surface area contributed by atoms with Gasteiger partial charge in [-0.05, 0) is 36.2 Å². The fraction of sp³-hybridized carbons (Fsp3) is 0.188. The van der Waals surface area contributed by atoms with E-state index < -0.39 is 11.6 Å². The number of rotatable bonds is 4. The van der Waals surface area contributed by atoms with Crippen LogP contribution in [0.4, 0.5) is 8.78 Å². The summed E-state index contributed by atoms with van der Waals surface area (Å²) < 4.78 is 26.4. The maximum absolute atomic E-state index is 13.4. The minimum Gasteiger partial charge on any atom is -0.299 e. The molecule has 3 heteroatoms. The number of carbonyl (C=O) groups is 1. The molecule has 0 unspecified atom stereocenters. The maximum Gasteiger partial charge on any atom is 0.141 e. The molecule has 2 aromatic rings. The average molecular weight is 260 g/mol. The molecule has 0 saturated carbocycles. The summed E-state index contributed by atoms with van der Waals surface area (Å²) in [6, 6.07) is 10.8. The van der Waals surface area contributed by atoms with Crippen molar-refractivity contribution in [3.63, 3.8) is 0 Å². The summed E-state index contributed by atoms with van der Waals surface area (Å²) in [5.41, 5.74) is 2.07. The van der Waals surface area contributed by atoms with E-state index in [9.17, 15) is 13.6 Å². The maximum atomic E-state index is 13.4. The average Bonchev–Trinajstić information content (AvgIpc) is 2.34. The van der Waals surface area contributed by atoms with Gasteiger partial charge in [-0.2, -0.15) is 0 Å². The molecule has 98 valence electrons. The molecule has 2 rings (SSSR count). The number of Topliss-reactive ketones (excluding diaryl/α,β-unsaturated/α-hetero) is 1. The fourth-order valence-electron chi connectivity index (χ4n) is 2.00. The van der Waals surface area contributed by atoms with Gasteiger partial charge in [-0.3, -0.25) is 4.79 Å². The van der Waals surface area contributed by atoms with E-state index in [1.54, 1.807) is 0 Å². The lowest BCUT2D eigenvalue weighted by Gasteiger charge is -2.04. The molecule has 19 heavy (non-hydrogen) atoms. The normalized spacial score (nSPS) is 10.5. The van der Waals surface area contributed by atoms with Gasteiger partial charge in [0.1, 0.15) is 17.4 Å². The first-order valence-corrected chi connectivity index (χ1v) is 6.06. The molecule has 0 aliphatic heterocycles. The molecule has 0 N–H and O–H groups in total. The van der Waals surface area contributed by atoms with Gasteiger partial charge in [0.2, 0.25) is 0 Å². The van der Waals surface area contributed by atoms with Crippen LogP contribution in [-0.2, 0) is 17.6 Å². The number of aryl methyl sites for hydroxylation is 1. The van der Waals surface area contributed by atoms with Crippen molar-refractivity contribution in [2.75, 3.05) is 0 Å². The second-order valence-corrected chi connectivity index (χ2v) is 4.62. The van der Waals surface area contributed by atoms with Crippen LogP contribution in [0.3, 0.4) is 0 Å². The standard InChI is InChI=1S/C16H14F2O/c1-11-3-2-4-12(7-11)8-15(19)10-13-9-14(17)5-6-16(13)18/h2-7,9H,8,10H2,1H3. The summed E-state index contributed by atoms with van der Waals surface area (Å²) in [5.74, 6) is -1.20. The molecule has 0 fully saturated rings. The van der Waals surface area contributed by atoms with E-state index in [4.69, 9.17) is 0 Å². The highest BCUT2D eigenvalue weighted by Gasteiger charge is 2.10. The Morgan fingerprint density at radius 3 is 2.58 bits per heavy atom. The van der Waals surface area contributed by atoms with Crippen LogP contribution in [0.5, 0.6) is 0 Å². The highest BCUT2D eigenvalue weighted by Crippen LogP contribution is 2.12. The van der Waals surface area contributed by atoms with Gasteiger partial charge in [-0.25, -0.2) is 8.78 Å². The summed E-state index contributed by atoms with van der Waals surface area (Å²) in [7, 11) is 0. The lowest BCUT2D eigenvalue weighted by Crippen LogP contribution is -2.08. The molecule has 1 nitrogen and oxygen atoms in total. The first kappa shape index (κ1) is 13.4. The number of ketones is 1. The molecule has 0 atom stereocenters. The molecule has 0 saturated heterocycles. The van der Waals surface area contributed by atoms with Crippen LogP contribution in [0.25, 0.3) is 0 Å². The number of carbonyl (C=O) groups excluding carboxylic acids is 1. The Morgan fingerprint density at radius 1 is 1.05 bits per heavy atom. The van der Waals surface area contributed by atoms with Crippen LogP contribution in [0.2, 0.25) is 0 Å². The largest absolute Gasteiger partial charge is 0.299 e. The van der Waals surface area contributed by atoms with Crippen LogP contribution < -0.4 is 0 Å². The van der Waals surface area contributed by atoms with Gasteiger partial charge in [-0.1, -0.05) is 29.8 Å². The van der Waals surface area contributed by atoms with Crippen LogP contribution in [0.15, 0.2) is 42.5 Å². The second kappa shape index (κ2) is 5.74. The van der Waals surface area contributed by atoms with Crippen molar-refractivity contribution in [1.29, 1.82) is 0 Å². The predicted octanol–water partition coefficient (Wildman–Crippen LogP) is 3.63. The van der Waals surface area contributed by atoms with Crippen molar-refractivity contribution in [1.82, 2.24) is 0 Å². The summed E-state index contributed by atoms with van der Waals surface area (Å²) in [6.45, 7) is 1.94. The van der Waals surface area contributed by atoms with Crippen molar-refractivity contribution in [2.45, 2.75) is 19.8 Å². The van der Waals surface area contributed by atoms with Crippen LogP contribution in [-0.4, -0.2) is 5.78 Å². The lowest BCUT2D eigenvalue weighted by molar-refractivity contribution is -0.117. The van der Waals surface area contributed by atoms with E-state index in [-0.39, 0.29) is 24.2 Å². The first-order valence-electron chi connectivity index (χ1n) is 6.06. The minimum atomic E-state index is -0.543. The molecule has 2 aromatic carbocycles. The van der Waals surface area contributed by atoms with E-state index in [2.05, 4.69) is 0 Å². The predicted molar refractivity (Wildman–Crippen MR) is 70.0 cm³/mol. The molecule has 0 radical (unpaired) electrons. The third-order valence-electron chi connectivity index (χ3n) is 2.88. The first-order chi connectivity index (χ1) is 9.04. The highest BCUT2D eigenvalue weighted by atomic mass is 19.1.